The molecule has 0 spiro atoms. The van der Waals surface area contributed by atoms with Gasteiger partial charge in [0, 0.05) is 19.3 Å². The molecule has 1 aromatic carbocycles. The predicted molar refractivity (Wildman–Crippen MR) is 65.0 cm³/mol. The maximum Gasteiger partial charge on any atom is 0.339 e. The van der Waals surface area contributed by atoms with E-state index >= 15 is 0 Å². The van der Waals surface area contributed by atoms with Crippen molar-refractivity contribution >= 4 is 11.7 Å². The van der Waals surface area contributed by atoms with E-state index in [1.165, 1.54) is 11.3 Å². The Hall–Kier alpha value is -1.55. The first-order chi connectivity index (χ1) is 8.13. The van der Waals surface area contributed by atoms with Gasteiger partial charge in [-0.05, 0) is 30.5 Å². The van der Waals surface area contributed by atoms with Crippen LogP contribution >= 0.6 is 0 Å². The number of anilines is 1. The molecule has 0 fully saturated rings. The zero-order chi connectivity index (χ0) is 12.4. The molecule has 1 aliphatic rings. The SMILES string of the molecule is CCOC(=O)C(O)c1ccc2c(c1)CCN2C. The third-order valence-corrected chi connectivity index (χ3v) is 3.06. The van der Waals surface area contributed by atoms with Gasteiger partial charge in [0.05, 0.1) is 6.61 Å². The molecule has 1 aromatic rings. The highest BCUT2D eigenvalue weighted by molar-refractivity contribution is 5.77. The molecule has 4 heteroatoms. The molecule has 1 heterocycles. The van der Waals surface area contributed by atoms with Crippen molar-refractivity contribution in [2.24, 2.45) is 0 Å². The highest BCUT2D eigenvalue weighted by Crippen LogP contribution is 2.29. The van der Waals surface area contributed by atoms with E-state index < -0.39 is 12.1 Å². The van der Waals surface area contributed by atoms with Crippen LogP contribution in [0.15, 0.2) is 18.2 Å². The summed E-state index contributed by atoms with van der Waals surface area (Å²) in [6, 6.07) is 5.61. The molecule has 0 bridgehead atoms. The van der Waals surface area contributed by atoms with E-state index in [4.69, 9.17) is 4.74 Å². The molecule has 0 saturated heterocycles. The van der Waals surface area contributed by atoms with Crippen molar-refractivity contribution in [2.75, 3.05) is 25.1 Å². The Morgan fingerprint density at radius 3 is 3.06 bits per heavy atom. The zero-order valence-electron chi connectivity index (χ0n) is 10.1. The molecular formula is C13H17NO3. The monoisotopic (exact) mass is 235 g/mol. The number of esters is 1. The third kappa shape index (κ3) is 2.26. The normalized spacial score (nSPS) is 15.6. The van der Waals surface area contributed by atoms with Crippen LogP contribution in [0.3, 0.4) is 0 Å². The summed E-state index contributed by atoms with van der Waals surface area (Å²) in [4.78, 5) is 13.6. The van der Waals surface area contributed by atoms with Gasteiger partial charge >= 0.3 is 5.97 Å². The molecule has 0 amide bonds. The van der Waals surface area contributed by atoms with Gasteiger partial charge in [0.15, 0.2) is 6.10 Å². The van der Waals surface area contributed by atoms with Gasteiger partial charge in [0.25, 0.3) is 0 Å². The fourth-order valence-electron chi connectivity index (χ4n) is 2.11. The van der Waals surface area contributed by atoms with Gasteiger partial charge in [-0.2, -0.15) is 0 Å². The minimum Gasteiger partial charge on any atom is -0.464 e. The first-order valence-electron chi connectivity index (χ1n) is 5.82. The summed E-state index contributed by atoms with van der Waals surface area (Å²) in [5.74, 6) is -0.584. The summed E-state index contributed by atoms with van der Waals surface area (Å²) < 4.78 is 4.80. The number of aliphatic hydroxyl groups excluding tert-OH is 1. The Morgan fingerprint density at radius 1 is 1.59 bits per heavy atom. The van der Waals surface area contributed by atoms with Gasteiger partial charge in [-0.15, -0.1) is 0 Å². The first-order valence-corrected chi connectivity index (χ1v) is 5.82. The minimum absolute atomic E-state index is 0.281. The molecule has 1 aliphatic heterocycles. The van der Waals surface area contributed by atoms with Crippen molar-refractivity contribution in [3.63, 3.8) is 0 Å². The summed E-state index contributed by atoms with van der Waals surface area (Å²) >= 11 is 0. The minimum atomic E-state index is -1.17. The number of fused-ring (bicyclic) bond motifs is 1. The third-order valence-electron chi connectivity index (χ3n) is 3.06. The van der Waals surface area contributed by atoms with E-state index in [0.717, 1.165) is 13.0 Å². The second kappa shape index (κ2) is 4.75. The topological polar surface area (TPSA) is 49.8 Å². The lowest BCUT2D eigenvalue weighted by Gasteiger charge is -2.14. The van der Waals surface area contributed by atoms with Gasteiger partial charge in [-0.1, -0.05) is 12.1 Å². The largest absolute Gasteiger partial charge is 0.464 e. The van der Waals surface area contributed by atoms with E-state index in [2.05, 4.69) is 4.90 Å². The molecule has 0 aliphatic carbocycles. The van der Waals surface area contributed by atoms with Crippen LogP contribution in [0.25, 0.3) is 0 Å². The molecular weight excluding hydrogens is 218 g/mol. The van der Waals surface area contributed by atoms with Crippen molar-refractivity contribution < 1.29 is 14.6 Å². The number of hydrogen-bond acceptors (Lipinski definition) is 4. The van der Waals surface area contributed by atoms with Crippen LogP contribution in [-0.2, 0) is 16.0 Å². The lowest BCUT2D eigenvalue weighted by molar-refractivity contribution is -0.153. The van der Waals surface area contributed by atoms with Crippen molar-refractivity contribution in [2.45, 2.75) is 19.4 Å². The molecule has 2 rings (SSSR count). The number of nitrogens with zero attached hydrogens (tertiary/aromatic N) is 1. The molecule has 1 atom stereocenters. The number of hydrogen-bond donors (Lipinski definition) is 1. The number of aliphatic hydroxyl groups is 1. The highest BCUT2D eigenvalue weighted by atomic mass is 16.5. The number of rotatable bonds is 3. The second-order valence-corrected chi connectivity index (χ2v) is 4.21. The Kier molecular flexibility index (Phi) is 3.33. The van der Waals surface area contributed by atoms with Gasteiger partial charge in [-0.25, -0.2) is 4.79 Å². The van der Waals surface area contributed by atoms with Crippen LogP contribution in [0.4, 0.5) is 5.69 Å². The molecule has 92 valence electrons. The average molecular weight is 235 g/mol. The van der Waals surface area contributed by atoms with Gasteiger partial charge < -0.3 is 14.7 Å². The zero-order valence-corrected chi connectivity index (χ0v) is 10.1. The maximum atomic E-state index is 11.4. The molecule has 1 unspecified atom stereocenters. The number of likely N-dealkylation sites (N-methyl/N-ethyl adjacent to an activating group) is 1. The van der Waals surface area contributed by atoms with Crippen molar-refractivity contribution in [1.82, 2.24) is 0 Å². The van der Waals surface area contributed by atoms with E-state index in [1.807, 2.05) is 19.2 Å². The van der Waals surface area contributed by atoms with Gasteiger partial charge in [0.1, 0.15) is 0 Å². The van der Waals surface area contributed by atoms with Crippen LogP contribution in [0, 0.1) is 0 Å². The van der Waals surface area contributed by atoms with Crippen LogP contribution in [0.1, 0.15) is 24.2 Å². The summed E-state index contributed by atoms with van der Waals surface area (Å²) in [5, 5.41) is 9.83. The number of ether oxygens (including phenoxy) is 1. The Morgan fingerprint density at radius 2 is 2.35 bits per heavy atom. The number of carbonyl (C=O) groups is 1. The number of benzene rings is 1. The average Bonchev–Trinajstić information content (AvgIpc) is 2.70. The van der Waals surface area contributed by atoms with Crippen LogP contribution < -0.4 is 4.90 Å². The van der Waals surface area contributed by atoms with Crippen LogP contribution in [-0.4, -0.2) is 31.3 Å². The fourth-order valence-corrected chi connectivity index (χ4v) is 2.11. The van der Waals surface area contributed by atoms with Gasteiger partial charge in [-0.3, -0.25) is 0 Å². The molecule has 4 nitrogen and oxygen atoms in total. The van der Waals surface area contributed by atoms with Crippen molar-refractivity contribution in [3.8, 4) is 0 Å². The Bertz CT molecular complexity index is 431. The molecule has 1 N–H and O–H groups in total. The van der Waals surface area contributed by atoms with Crippen molar-refractivity contribution in [1.29, 1.82) is 0 Å². The molecule has 0 saturated carbocycles. The standard InChI is InChI=1S/C13H17NO3/c1-3-17-13(16)12(15)10-4-5-11-9(8-10)6-7-14(11)2/h4-5,8,12,15H,3,6-7H2,1-2H3. The lowest BCUT2D eigenvalue weighted by Crippen LogP contribution is -2.15. The summed E-state index contributed by atoms with van der Waals surface area (Å²) in [6.45, 7) is 2.99. The van der Waals surface area contributed by atoms with E-state index in [-0.39, 0.29) is 6.61 Å². The number of carbonyl (C=O) groups excluding carboxylic acids is 1. The van der Waals surface area contributed by atoms with Crippen LogP contribution in [0.2, 0.25) is 0 Å². The van der Waals surface area contributed by atoms with E-state index in [0.29, 0.717) is 5.56 Å². The summed E-state index contributed by atoms with van der Waals surface area (Å²) in [7, 11) is 2.04. The van der Waals surface area contributed by atoms with Crippen molar-refractivity contribution in [3.05, 3.63) is 29.3 Å². The first kappa shape index (κ1) is 11.9. The Labute approximate surface area is 101 Å². The highest BCUT2D eigenvalue weighted by Gasteiger charge is 2.22. The van der Waals surface area contributed by atoms with E-state index in [9.17, 15) is 9.90 Å². The quantitative estimate of drug-likeness (QED) is 0.802. The molecule has 17 heavy (non-hydrogen) atoms. The van der Waals surface area contributed by atoms with Crippen LogP contribution in [0.5, 0.6) is 0 Å². The Balaban J connectivity index is 2.20. The molecule has 0 aromatic heterocycles. The predicted octanol–water partition coefficient (Wildman–Crippen LogP) is 1.28. The summed E-state index contributed by atoms with van der Waals surface area (Å²) in [6.07, 6.45) is -0.221. The van der Waals surface area contributed by atoms with E-state index in [1.54, 1.807) is 13.0 Å². The van der Waals surface area contributed by atoms with Gasteiger partial charge in [0.2, 0.25) is 0 Å². The lowest BCUT2D eigenvalue weighted by atomic mass is 10.0. The fraction of sp³-hybridized carbons (Fsp3) is 0.462. The summed E-state index contributed by atoms with van der Waals surface area (Å²) in [5.41, 5.74) is 2.95. The smallest absolute Gasteiger partial charge is 0.339 e. The molecule has 0 radical (unpaired) electrons. The second-order valence-electron chi connectivity index (χ2n) is 4.21. The maximum absolute atomic E-state index is 11.4.